The highest BCUT2D eigenvalue weighted by Crippen LogP contribution is 2.18. The van der Waals surface area contributed by atoms with E-state index in [2.05, 4.69) is 4.90 Å². The Morgan fingerprint density at radius 1 is 1.47 bits per heavy atom. The second kappa shape index (κ2) is 5.61. The summed E-state index contributed by atoms with van der Waals surface area (Å²) in [7, 11) is 0. The van der Waals surface area contributed by atoms with Crippen LogP contribution >= 0.6 is 0 Å². The molecule has 2 nitrogen and oxygen atoms in total. The second-order valence-corrected chi connectivity index (χ2v) is 5.06. The zero-order chi connectivity index (χ0) is 12.3. The van der Waals surface area contributed by atoms with Crippen molar-refractivity contribution in [3.63, 3.8) is 0 Å². The van der Waals surface area contributed by atoms with Gasteiger partial charge in [0.15, 0.2) is 0 Å². The molecule has 0 spiro atoms. The van der Waals surface area contributed by atoms with Crippen molar-refractivity contribution in [2.24, 2.45) is 11.7 Å². The van der Waals surface area contributed by atoms with Crippen molar-refractivity contribution >= 4 is 0 Å². The quantitative estimate of drug-likeness (QED) is 0.872. The van der Waals surface area contributed by atoms with Gasteiger partial charge in [0.2, 0.25) is 0 Å². The first kappa shape index (κ1) is 12.5. The molecular formula is C14H21FN2. The van der Waals surface area contributed by atoms with Crippen molar-refractivity contribution < 1.29 is 4.39 Å². The van der Waals surface area contributed by atoms with Crippen LogP contribution in [0.15, 0.2) is 18.2 Å². The SMILES string of the molecule is Cc1cc(CN2CCCC(CN)C2)ccc1F. The van der Waals surface area contributed by atoms with Crippen LogP contribution in [0.5, 0.6) is 0 Å². The molecule has 1 heterocycles. The first-order chi connectivity index (χ1) is 8.19. The fourth-order valence-corrected chi connectivity index (χ4v) is 2.55. The number of aryl methyl sites for hydroxylation is 1. The van der Waals surface area contributed by atoms with E-state index in [4.69, 9.17) is 5.73 Å². The molecule has 1 aromatic carbocycles. The highest BCUT2D eigenvalue weighted by Gasteiger charge is 2.18. The molecule has 0 radical (unpaired) electrons. The molecule has 1 fully saturated rings. The molecule has 1 aliphatic heterocycles. The second-order valence-electron chi connectivity index (χ2n) is 5.06. The lowest BCUT2D eigenvalue weighted by atomic mass is 9.98. The van der Waals surface area contributed by atoms with E-state index in [-0.39, 0.29) is 5.82 Å². The molecule has 1 saturated heterocycles. The van der Waals surface area contributed by atoms with E-state index in [1.807, 2.05) is 19.1 Å². The Morgan fingerprint density at radius 2 is 2.29 bits per heavy atom. The monoisotopic (exact) mass is 236 g/mol. The van der Waals surface area contributed by atoms with Crippen molar-refractivity contribution in [1.82, 2.24) is 4.90 Å². The highest BCUT2D eigenvalue weighted by molar-refractivity contribution is 5.23. The van der Waals surface area contributed by atoms with Crippen LogP contribution in [0.25, 0.3) is 0 Å². The maximum absolute atomic E-state index is 13.2. The summed E-state index contributed by atoms with van der Waals surface area (Å²) in [4.78, 5) is 2.42. The summed E-state index contributed by atoms with van der Waals surface area (Å²) in [6.45, 7) is 5.72. The first-order valence-electron chi connectivity index (χ1n) is 6.36. The van der Waals surface area contributed by atoms with Gasteiger partial charge in [-0.1, -0.05) is 12.1 Å². The summed E-state index contributed by atoms with van der Waals surface area (Å²) >= 11 is 0. The molecule has 2 rings (SSSR count). The molecule has 0 amide bonds. The van der Waals surface area contributed by atoms with Crippen LogP contribution in [0.1, 0.15) is 24.0 Å². The number of hydrogen-bond donors (Lipinski definition) is 1. The average molecular weight is 236 g/mol. The number of likely N-dealkylation sites (tertiary alicyclic amines) is 1. The maximum Gasteiger partial charge on any atom is 0.126 e. The number of rotatable bonds is 3. The molecule has 17 heavy (non-hydrogen) atoms. The van der Waals surface area contributed by atoms with E-state index in [0.29, 0.717) is 5.92 Å². The van der Waals surface area contributed by atoms with Crippen LogP contribution in [0.4, 0.5) is 4.39 Å². The lowest BCUT2D eigenvalue weighted by Gasteiger charge is -2.32. The Morgan fingerprint density at radius 3 is 3.00 bits per heavy atom. The van der Waals surface area contributed by atoms with Crippen LogP contribution in [0.2, 0.25) is 0 Å². The van der Waals surface area contributed by atoms with E-state index in [1.165, 1.54) is 18.4 Å². The highest BCUT2D eigenvalue weighted by atomic mass is 19.1. The minimum Gasteiger partial charge on any atom is -0.330 e. The predicted octanol–water partition coefficient (Wildman–Crippen LogP) is 2.30. The molecule has 0 aromatic heterocycles. The Hall–Kier alpha value is -0.930. The minimum atomic E-state index is -0.118. The summed E-state index contributed by atoms with van der Waals surface area (Å²) in [5.41, 5.74) is 7.65. The standard InChI is InChI=1S/C14H21FN2/c1-11-7-12(4-5-14(11)15)9-17-6-2-3-13(8-16)10-17/h4-5,7,13H,2-3,6,8-10,16H2,1H3. The molecule has 3 heteroatoms. The zero-order valence-electron chi connectivity index (χ0n) is 10.5. The third kappa shape index (κ3) is 3.27. The topological polar surface area (TPSA) is 29.3 Å². The maximum atomic E-state index is 13.2. The molecule has 2 N–H and O–H groups in total. The molecule has 1 atom stereocenters. The van der Waals surface area contributed by atoms with Gasteiger partial charge in [0.05, 0.1) is 0 Å². The van der Waals surface area contributed by atoms with E-state index in [0.717, 1.165) is 31.7 Å². The zero-order valence-corrected chi connectivity index (χ0v) is 10.5. The van der Waals surface area contributed by atoms with Crippen LogP contribution in [0.3, 0.4) is 0 Å². The Labute approximate surface area is 103 Å². The van der Waals surface area contributed by atoms with Gasteiger partial charge in [-0.2, -0.15) is 0 Å². The molecular weight excluding hydrogens is 215 g/mol. The van der Waals surface area contributed by atoms with E-state index < -0.39 is 0 Å². The minimum absolute atomic E-state index is 0.118. The predicted molar refractivity (Wildman–Crippen MR) is 68.2 cm³/mol. The lowest BCUT2D eigenvalue weighted by molar-refractivity contribution is 0.171. The normalized spacial score (nSPS) is 21.7. The first-order valence-corrected chi connectivity index (χ1v) is 6.36. The molecule has 94 valence electrons. The fraction of sp³-hybridized carbons (Fsp3) is 0.571. The van der Waals surface area contributed by atoms with Gasteiger partial charge < -0.3 is 5.73 Å². The van der Waals surface area contributed by atoms with Crippen LogP contribution in [-0.4, -0.2) is 24.5 Å². The van der Waals surface area contributed by atoms with Crippen molar-refractivity contribution in [2.45, 2.75) is 26.3 Å². The van der Waals surface area contributed by atoms with Gasteiger partial charge in [-0.3, -0.25) is 4.90 Å². The molecule has 0 aliphatic carbocycles. The lowest BCUT2D eigenvalue weighted by Crippen LogP contribution is -2.37. The van der Waals surface area contributed by atoms with E-state index in [1.54, 1.807) is 6.07 Å². The summed E-state index contributed by atoms with van der Waals surface area (Å²) < 4.78 is 13.2. The van der Waals surface area contributed by atoms with Crippen molar-refractivity contribution in [3.05, 3.63) is 35.1 Å². The number of hydrogen-bond acceptors (Lipinski definition) is 2. The van der Waals surface area contributed by atoms with Crippen LogP contribution in [0, 0.1) is 18.7 Å². The number of nitrogens with two attached hydrogens (primary N) is 1. The molecule has 1 aliphatic rings. The van der Waals surface area contributed by atoms with E-state index >= 15 is 0 Å². The largest absolute Gasteiger partial charge is 0.330 e. The summed E-state index contributed by atoms with van der Waals surface area (Å²) in [5, 5.41) is 0. The molecule has 1 unspecified atom stereocenters. The molecule has 0 bridgehead atoms. The average Bonchev–Trinajstić information content (AvgIpc) is 2.34. The Bertz CT molecular complexity index is 378. The van der Waals surface area contributed by atoms with Gasteiger partial charge in [0.25, 0.3) is 0 Å². The number of halogens is 1. The Balaban J connectivity index is 1.97. The van der Waals surface area contributed by atoms with Crippen molar-refractivity contribution in [3.8, 4) is 0 Å². The van der Waals surface area contributed by atoms with Crippen LogP contribution < -0.4 is 5.73 Å². The smallest absolute Gasteiger partial charge is 0.126 e. The van der Waals surface area contributed by atoms with Crippen molar-refractivity contribution in [1.29, 1.82) is 0 Å². The van der Waals surface area contributed by atoms with Gasteiger partial charge in [-0.05, 0) is 56.0 Å². The third-order valence-corrected chi connectivity index (χ3v) is 3.56. The number of benzene rings is 1. The van der Waals surface area contributed by atoms with E-state index in [9.17, 15) is 4.39 Å². The summed E-state index contributed by atoms with van der Waals surface area (Å²) in [5.74, 6) is 0.512. The molecule has 0 saturated carbocycles. The molecule has 1 aromatic rings. The van der Waals surface area contributed by atoms with Gasteiger partial charge >= 0.3 is 0 Å². The Kier molecular flexibility index (Phi) is 4.13. The van der Waals surface area contributed by atoms with Gasteiger partial charge in [0, 0.05) is 13.1 Å². The van der Waals surface area contributed by atoms with Gasteiger partial charge in [-0.15, -0.1) is 0 Å². The number of piperidine rings is 1. The van der Waals surface area contributed by atoms with Crippen LogP contribution in [-0.2, 0) is 6.54 Å². The van der Waals surface area contributed by atoms with Gasteiger partial charge in [0.1, 0.15) is 5.82 Å². The van der Waals surface area contributed by atoms with Gasteiger partial charge in [-0.25, -0.2) is 4.39 Å². The number of nitrogens with zero attached hydrogens (tertiary/aromatic N) is 1. The summed E-state index contributed by atoms with van der Waals surface area (Å²) in [6.07, 6.45) is 2.47. The van der Waals surface area contributed by atoms with Crippen molar-refractivity contribution in [2.75, 3.05) is 19.6 Å². The summed E-state index contributed by atoms with van der Waals surface area (Å²) in [6, 6.07) is 5.39. The fourth-order valence-electron chi connectivity index (χ4n) is 2.55. The third-order valence-electron chi connectivity index (χ3n) is 3.56.